The van der Waals surface area contributed by atoms with Crippen LogP contribution < -0.4 is 0 Å². The lowest BCUT2D eigenvalue weighted by molar-refractivity contribution is -0.231. The third-order valence-corrected chi connectivity index (χ3v) is 3.35. The predicted octanol–water partition coefficient (Wildman–Crippen LogP) is -1.10. The van der Waals surface area contributed by atoms with Crippen LogP contribution in [0, 0.1) is 0 Å². The molecule has 110 valence electrons. The maximum Gasteiger partial charge on any atom is 0.335 e. The smallest absolute Gasteiger partial charge is 0.335 e. The van der Waals surface area contributed by atoms with Crippen molar-refractivity contribution in [3.05, 3.63) is 35.4 Å². The molecule has 1 saturated heterocycles. The van der Waals surface area contributed by atoms with Crippen molar-refractivity contribution in [1.29, 1.82) is 0 Å². The molecule has 5 atom stereocenters. The molecule has 0 aliphatic carbocycles. The SMILES string of the molecule is O=C(O)c1cccc([C@H]2O[C@H](CO)[C@H](O)[C@H](O)[C@@H]2O)c1. The monoisotopic (exact) mass is 284 g/mol. The van der Waals surface area contributed by atoms with Gasteiger partial charge in [0.2, 0.25) is 0 Å². The number of rotatable bonds is 3. The van der Waals surface area contributed by atoms with Crippen molar-refractivity contribution in [2.24, 2.45) is 0 Å². The Bertz CT molecular complexity index is 487. The Labute approximate surface area is 114 Å². The molecule has 20 heavy (non-hydrogen) atoms. The molecule has 0 amide bonds. The van der Waals surface area contributed by atoms with Gasteiger partial charge in [-0.1, -0.05) is 12.1 Å². The molecule has 0 aromatic heterocycles. The summed E-state index contributed by atoms with van der Waals surface area (Å²) in [6.45, 7) is -0.528. The Balaban J connectivity index is 2.31. The van der Waals surface area contributed by atoms with Gasteiger partial charge in [-0.05, 0) is 17.7 Å². The molecule has 2 rings (SSSR count). The Morgan fingerprint density at radius 3 is 2.45 bits per heavy atom. The topological polar surface area (TPSA) is 127 Å². The number of carboxylic acids is 1. The van der Waals surface area contributed by atoms with E-state index in [9.17, 15) is 20.1 Å². The summed E-state index contributed by atoms with van der Waals surface area (Å²) in [5, 5.41) is 47.4. The highest BCUT2D eigenvalue weighted by Gasteiger charge is 2.43. The van der Waals surface area contributed by atoms with Gasteiger partial charge in [0, 0.05) is 0 Å². The van der Waals surface area contributed by atoms with E-state index in [0.29, 0.717) is 5.56 Å². The standard InChI is InChI=1S/C13H16O7/c14-5-8-9(15)10(16)11(17)12(20-8)6-2-1-3-7(4-6)13(18)19/h1-4,8-12,14-17H,5H2,(H,18,19)/t8-,9+,10+,11+,12-/m1/s1. The Morgan fingerprint density at radius 1 is 1.15 bits per heavy atom. The van der Waals surface area contributed by atoms with Gasteiger partial charge in [0.05, 0.1) is 12.2 Å². The lowest BCUT2D eigenvalue weighted by Crippen LogP contribution is -2.55. The van der Waals surface area contributed by atoms with E-state index in [0.717, 1.165) is 0 Å². The zero-order valence-corrected chi connectivity index (χ0v) is 10.5. The summed E-state index contributed by atoms with van der Waals surface area (Å²) in [4.78, 5) is 10.9. The summed E-state index contributed by atoms with van der Waals surface area (Å²) in [6.07, 6.45) is -6.39. The zero-order valence-electron chi connectivity index (χ0n) is 10.5. The average molecular weight is 284 g/mol. The van der Waals surface area contributed by atoms with Crippen LogP contribution in [0.5, 0.6) is 0 Å². The van der Waals surface area contributed by atoms with Crippen molar-refractivity contribution in [2.45, 2.75) is 30.5 Å². The molecule has 1 aromatic rings. The maximum atomic E-state index is 10.9. The number of carboxylic acid groups (broad SMARTS) is 1. The molecule has 7 heteroatoms. The quantitative estimate of drug-likeness (QED) is 0.476. The molecule has 0 saturated carbocycles. The van der Waals surface area contributed by atoms with E-state index >= 15 is 0 Å². The lowest BCUT2D eigenvalue weighted by Gasteiger charge is -2.40. The first-order chi connectivity index (χ1) is 9.45. The fourth-order valence-electron chi connectivity index (χ4n) is 2.23. The fourth-order valence-corrected chi connectivity index (χ4v) is 2.23. The van der Waals surface area contributed by atoms with Gasteiger partial charge in [0.1, 0.15) is 30.5 Å². The summed E-state index contributed by atoms with van der Waals surface area (Å²) in [5.74, 6) is -1.13. The Hall–Kier alpha value is -1.51. The van der Waals surface area contributed by atoms with Crippen LogP contribution in [-0.4, -0.2) is 62.5 Å². The molecule has 1 heterocycles. The van der Waals surface area contributed by atoms with Gasteiger partial charge in [-0.15, -0.1) is 0 Å². The highest BCUT2D eigenvalue weighted by molar-refractivity contribution is 5.87. The van der Waals surface area contributed by atoms with Gasteiger partial charge in [0.25, 0.3) is 0 Å². The van der Waals surface area contributed by atoms with Crippen molar-refractivity contribution < 1.29 is 35.1 Å². The molecule has 1 aliphatic rings. The van der Waals surface area contributed by atoms with Crippen molar-refractivity contribution in [3.63, 3.8) is 0 Å². The maximum absolute atomic E-state index is 10.9. The number of carbonyl (C=O) groups is 1. The van der Waals surface area contributed by atoms with Gasteiger partial charge in [-0.2, -0.15) is 0 Å². The first-order valence-corrected chi connectivity index (χ1v) is 6.09. The van der Waals surface area contributed by atoms with E-state index in [2.05, 4.69) is 0 Å². The largest absolute Gasteiger partial charge is 0.478 e. The minimum absolute atomic E-state index is 0.0134. The normalized spacial score (nSPS) is 33.9. The molecule has 1 fully saturated rings. The number of aromatic carboxylic acids is 1. The second-order valence-corrected chi connectivity index (χ2v) is 4.68. The van der Waals surface area contributed by atoms with Crippen LogP contribution in [0.3, 0.4) is 0 Å². The molecule has 0 unspecified atom stereocenters. The van der Waals surface area contributed by atoms with E-state index in [4.69, 9.17) is 14.9 Å². The zero-order chi connectivity index (χ0) is 14.9. The van der Waals surface area contributed by atoms with Crippen molar-refractivity contribution in [1.82, 2.24) is 0 Å². The molecular formula is C13H16O7. The first-order valence-electron chi connectivity index (χ1n) is 6.09. The van der Waals surface area contributed by atoms with Crippen LogP contribution in [-0.2, 0) is 4.74 Å². The summed E-state index contributed by atoms with van der Waals surface area (Å²) in [5.41, 5.74) is 0.362. The summed E-state index contributed by atoms with van der Waals surface area (Å²) < 4.78 is 5.35. The minimum atomic E-state index is -1.49. The van der Waals surface area contributed by atoms with Crippen molar-refractivity contribution >= 4 is 5.97 Å². The van der Waals surface area contributed by atoms with Gasteiger partial charge < -0.3 is 30.3 Å². The molecule has 0 bridgehead atoms. The van der Waals surface area contributed by atoms with E-state index < -0.39 is 43.1 Å². The van der Waals surface area contributed by atoms with Crippen LogP contribution in [0.2, 0.25) is 0 Å². The number of hydrogen-bond acceptors (Lipinski definition) is 6. The number of benzene rings is 1. The molecule has 7 nitrogen and oxygen atoms in total. The van der Waals surface area contributed by atoms with Gasteiger partial charge >= 0.3 is 5.97 Å². The summed E-state index contributed by atoms with van der Waals surface area (Å²) >= 11 is 0. The fraction of sp³-hybridized carbons (Fsp3) is 0.462. The molecular weight excluding hydrogens is 268 g/mol. The third-order valence-electron chi connectivity index (χ3n) is 3.35. The Kier molecular flexibility index (Phi) is 4.36. The van der Waals surface area contributed by atoms with E-state index in [-0.39, 0.29) is 5.56 Å². The van der Waals surface area contributed by atoms with E-state index in [1.807, 2.05) is 0 Å². The Morgan fingerprint density at radius 2 is 1.85 bits per heavy atom. The second-order valence-electron chi connectivity index (χ2n) is 4.68. The summed E-state index contributed by atoms with van der Waals surface area (Å²) in [7, 11) is 0. The number of aliphatic hydroxyl groups excluding tert-OH is 4. The first kappa shape index (κ1) is 14.9. The molecule has 5 N–H and O–H groups in total. The second kappa shape index (κ2) is 5.86. The molecule has 1 aromatic carbocycles. The van der Waals surface area contributed by atoms with Crippen LogP contribution in [0.1, 0.15) is 22.0 Å². The minimum Gasteiger partial charge on any atom is -0.478 e. The van der Waals surface area contributed by atoms with Crippen LogP contribution in [0.15, 0.2) is 24.3 Å². The molecule has 0 spiro atoms. The lowest BCUT2D eigenvalue weighted by atomic mass is 9.91. The number of hydrogen-bond donors (Lipinski definition) is 5. The van der Waals surface area contributed by atoms with Crippen LogP contribution >= 0.6 is 0 Å². The third kappa shape index (κ3) is 2.67. The van der Waals surface area contributed by atoms with Crippen LogP contribution in [0.4, 0.5) is 0 Å². The van der Waals surface area contributed by atoms with Gasteiger partial charge in [-0.25, -0.2) is 4.79 Å². The average Bonchev–Trinajstić information content (AvgIpc) is 2.45. The predicted molar refractivity (Wildman–Crippen MR) is 66.1 cm³/mol. The highest BCUT2D eigenvalue weighted by Crippen LogP contribution is 2.32. The number of ether oxygens (including phenoxy) is 1. The van der Waals surface area contributed by atoms with E-state index in [1.165, 1.54) is 18.2 Å². The van der Waals surface area contributed by atoms with Gasteiger partial charge in [-0.3, -0.25) is 0 Å². The molecule has 1 aliphatic heterocycles. The van der Waals surface area contributed by atoms with Crippen molar-refractivity contribution in [3.8, 4) is 0 Å². The van der Waals surface area contributed by atoms with Crippen molar-refractivity contribution in [2.75, 3.05) is 6.61 Å². The van der Waals surface area contributed by atoms with Crippen LogP contribution in [0.25, 0.3) is 0 Å². The van der Waals surface area contributed by atoms with Gasteiger partial charge in [0.15, 0.2) is 0 Å². The summed E-state index contributed by atoms with van der Waals surface area (Å²) in [6, 6.07) is 5.73. The van der Waals surface area contributed by atoms with E-state index in [1.54, 1.807) is 6.07 Å². The molecule has 0 radical (unpaired) electrons. The number of aliphatic hydroxyl groups is 4. The highest BCUT2D eigenvalue weighted by atomic mass is 16.5.